The number of hydrogen-bond acceptors (Lipinski definition) is 5. The number of carboxylic acid groups (broad SMARTS) is 1. The smallest absolute Gasteiger partial charge is 0.354 e. The van der Waals surface area contributed by atoms with Crippen molar-refractivity contribution in [2.24, 2.45) is 0 Å². The Hall–Kier alpha value is -3.16. The van der Waals surface area contributed by atoms with Gasteiger partial charge in [0, 0.05) is 17.2 Å². The molecule has 0 spiro atoms. The highest BCUT2D eigenvalue weighted by atomic mass is 19.1. The van der Waals surface area contributed by atoms with Crippen molar-refractivity contribution >= 4 is 17.6 Å². The third-order valence-electron chi connectivity index (χ3n) is 3.19. The van der Waals surface area contributed by atoms with Crippen molar-refractivity contribution < 1.29 is 19.0 Å². The molecule has 1 aromatic carbocycles. The lowest BCUT2D eigenvalue weighted by Gasteiger charge is -2.08. The first-order chi connectivity index (χ1) is 10.5. The number of halogens is 1. The van der Waals surface area contributed by atoms with Gasteiger partial charge in [0.05, 0.1) is 7.11 Å². The molecule has 22 heavy (non-hydrogen) atoms. The molecular formula is C14H11FN4O3. The van der Waals surface area contributed by atoms with Crippen LogP contribution < -0.4 is 10.5 Å². The third kappa shape index (κ3) is 2.10. The summed E-state index contributed by atoms with van der Waals surface area (Å²) < 4.78 is 20.3. The second-order valence-corrected chi connectivity index (χ2v) is 4.49. The number of nitrogen functional groups attached to an aromatic ring is 1. The normalized spacial score (nSPS) is 10.8. The molecule has 0 saturated carbocycles. The van der Waals surface area contributed by atoms with Crippen LogP contribution in [-0.4, -0.2) is 32.8 Å². The predicted octanol–water partition coefficient (Wildman–Crippen LogP) is 1.82. The van der Waals surface area contributed by atoms with Crippen LogP contribution in [0.1, 0.15) is 10.5 Å². The maximum absolute atomic E-state index is 14.2. The molecule has 0 atom stereocenters. The van der Waals surface area contributed by atoms with Gasteiger partial charge in [-0.2, -0.15) is 4.98 Å². The first-order valence-corrected chi connectivity index (χ1v) is 6.23. The van der Waals surface area contributed by atoms with Gasteiger partial charge in [0.2, 0.25) is 5.95 Å². The number of pyridine rings is 1. The lowest BCUT2D eigenvalue weighted by Crippen LogP contribution is -2.07. The number of aromatic carboxylic acids is 1. The van der Waals surface area contributed by atoms with Crippen molar-refractivity contribution in [3.8, 4) is 16.9 Å². The van der Waals surface area contributed by atoms with E-state index in [4.69, 9.17) is 15.6 Å². The molecule has 0 unspecified atom stereocenters. The van der Waals surface area contributed by atoms with Crippen LogP contribution in [0.5, 0.6) is 5.75 Å². The number of fused-ring (bicyclic) bond motifs is 1. The molecule has 0 aliphatic heterocycles. The number of rotatable bonds is 3. The van der Waals surface area contributed by atoms with Crippen molar-refractivity contribution in [2.75, 3.05) is 12.8 Å². The van der Waals surface area contributed by atoms with Crippen LogP contribution in [0, 0.1) is 5.82 Å². The molecule has 0 aliphatic carbocycles. The Morgan fingerprint density at radius 2 is 2.05 bits per heavy atom. The molecule has 7 nitrogen and oxygen atoms in total. The molecule has 3 aromatic rings. The zero-order valence-corrected chi connectivity index (χ0v) is 11.4. The highest BCUT2D eigenvalue weighted by molar-refractivity contribution is 5.89. The quantitative estimate of drug-likeness (QED) is 0.765. The van der Waals surface area contributed by atoms with Crippen molar-refractivity contribution in [1.29, 1.82) is 0 Å². The Labute approximate surface area is 123 Å². The van der Waals surface area contributed by atoms with Gasteiger partial charge in [-0.1, -0.05) is 0 Å². The minimum Gasteiger partial charge on any atom is -0.497 e. The molecule has 112 valence electrons. The highest BCUT2D eigenvalue weighted by Gasteiger charge is 2.18. The molecule has 3 N–H and O–H groups in total. The Bertz CT molecular complexity index is 891. The lowest BCUT2D eigenvalue weighted by molar-refractivity contribution is 0.0687. The fourth-order valence-electron chi connectivity index (χ4n) is 2.19. The summed E-state index contributed by atoms with van der Waals surface area (Å²) in [7, 11) is 1.44. The van der Waals surface area contributed by atoms with E-state index in [0.717, 1.165) is 4.52 Å². The molecular weight excluding hydrogens is 291 g/mol. The number of nitrogens with zero attached hydrogens (tertiary/aromatic N) is 3. The topological polar surface area (TPSA) is 103 Å². The maximum atomic E-state index is 14.2. The molecule has 0 aliphatic rings. The van der Waals surface area contributed by atoms with Gasteiger partial charge in [-0.05, 0) is 24.3 Å². The Morgan fingerprint density at radius 1 is 1.32 bits per heavy atom. The summed E-state index contributed by atoms with van der Waals surface area (Å²) in [6.07, 6.45) is 0. The van der Waals surface area contributed by atoms with Crippen LogP contribution >= 0.6 is 0 Å². The first-order valence-electron chi connectivity index (χ1n) is 6.23. The van der Waals surface area contributed by atoms with Gasteiger partial charge in [-0.3, -0.25) is 0 Å². The largest absolute Gasteiger partial charge is 0.497 e. The molecule has 0 saturated heterocycles. The van der Waals surface area contributed by atoms with E-state index in [-0.39, 0.29) is 22.9 Å². The Kier molecular flexibility index (Phi) is 3.13. The van der Waals surface area contributed by atoms with Crippen molar-refractivity contribution in [1.82, 2.24) is 14.6 Å². The molecule has 0 radical (unpaired) electrons. The highest BCUT2D eigenvalue weighted by Crippen LogP contribution is 2.29. The number of benzene rings is 1. The predicted molar refractivity (Wildman–Crippen MR) is 76.3 cm³/mol. The van der Waals surface area contributed by atoms with Gasteiger partial charge in [0.1, 0.15) is 11.6 Å². The van der Waals surface area contributed by atoms with Gasteiger partial charge < -0.3 is 15.6 Å². The number of carboxylic acids is 1. The van der Waals surface area contributed by atoms with Gasteiger partial charge in [0.25, 0.3) is 0 Å². The molecule has 2 heterocycles. The summed E-state index contributed by atoms with van der Waals surface area (Å²) in [4.78, 5) is 15.2. The average Bonchev–Trinajstić information content (AvgIpc) is 2.87. The van der Waals surface area contributed by atoms with Crippen LogP contribution in [0.25, 0.3) is 16.8 Å². The fraction of sp³-hybridized carbons (Fsp3) is 0.0714. The van der Waals surface area contributed by atoms with Crippen molar-refractivity contribution in [3.63, 3.8) is 0 Å². The third-order valence-corrected chi connectivity index (χ3v) is 3.19. The van der Waals surface area contributed by atoms with E-state index in [1.165, 1.54) is 31.4 Å². The maximum Gasteiger partial charge on any atom is 0.354 e. The first kappa shape index (κ1) is 13.8. The Morgan fingerprint density at radius 3 is 2.68 bits per heavy atom. The van der Waals surface area contributed by atoms with E-state index in [2.05, 4.69) is 10.1 Å². The van der Waals surface area contributed by atoms with Crippen LogP contribution in [0.15, 0.2) is 30.3 Å². The molecule has 0 amide bonds. The van der Waals surface area contributed by atoms with E-state index in [1.54, 1.807) is 6.07 Å². The zero-order chi connectivity index (χ0) is 15.9. The second kappa shape index (κ2) is 4.99. The minimum absolute atomic E-state index is 0.0936. The molecule has 0 bridgehead atoms. The molecule has 0 fully saturated rings. The minimum atomic E-state index is -1.18. The number of methoxy groups -OCH3 is 1. The molecule has 3 rings (SSSR count). The number of nitrogens with two attached hydrogens (primary N) is 1. The summed E-state index contributed by atoms with van der Waals surface area (Å²) >= 11 is 0. The summed E-state index contributed by atoms with van der Waals surface area (Å²) in [6, 6.07) is 7.14. The van der Waals surface area contributed by atoms with Crippen LogP contribution in [0.4, 0.5) is 10.3 Å². The SMILES string of the molecule is COc1ccc(-c2ccc(C(=O)O)n3nc(N)nc23)c(F)c1. The summed E-state index contributed by atoms with van der Waals surface area (Å²) in [5, 5.41) is 13.0. The van der Waals surface area contributed by atoms with Crippen molar-refractivity contribution in [2.45, 2.75) is 0 Å². The van der Waals surface area contributed by atoms with Gasteiger partial charge in [-0.15, -0.1) is 5.10 Å². The standard InChI is InChI=1S/C14H11FN4O3/c1-22-7-2-3-8(10(15)6-7)9-4-5-11(13(20)21)19-12(9)17-14(16)18-19/h2-6H,1H3,(H2,16,18)(H,20,21). The van der Waals surface area contributed by atoms with Crippen LogP contribution in [0.2, 0.25) is 0 Å². The van der Waals surface area contributed by atoms with Crippen LogP contribution in [0.3, 0.4) is 0 Å². The van der Waals surface area contributed by atoms with E-state index >= 15 is 0 Å². The fourth-order valence-corrected chi connectivity index (χ4v) is 2.19. The number of ether oxygens (including phenoxy) is 1. The molecule has 8 heteroatoms. The van der Waals surface area contributed by atoms with E-state index in [1.807, 2.05) is 0 Å². The summed E-state index contributed by atoms with van der Waals surface area (Å²) in [5.74, 6) is -1.42. The lowest BCUT2D eigenvalue weighted by atomic mass is 10.1. The zero-order valence-electron chi connectivity index (χ0n) is 11.4. The van der Waals surface area contributed by atoms with E-state index in [0.29, 0.717) is 11.3 Å². The number of aromatic nitrogens is 3. The average molecular weight is 302 g/mol. The van der Waals surface area contributed by atoms with Gasteiger partial charge in [0.15, 0.2) is 11.3 Å². The van der Waals surface area contributed by atoms with Crippen molar-refractivity contribution in [3.05, 3.63) is 41.8 Å². The monoisotopic (exact) mass is 302 g/mol. The molecule has 2 aromatic heterocycles. The van der Waals surface area contributed by atoms with Gasteiger partial charge >= 0.3 is 5.97 Å². The van der Waals surface area contributed by atoms with Crippen LogP contribution in [-0.2, 0) is 0 Å². The second-order valence-electron chi connectivity index (χ2n) is 4.49. The number of hydrogen-bond donors (Lipinski definition) is 2. The number of anilines is 1. The van der Waals surface area contributed by atoms with E-state index < -0.39 is 11.8 Å². The van der Waals surface area contributed by atoms with E-state index in [9.17, 15) is 9.18 Å². The summed E-state index contributed by atoms with van der Waals surface area (Å²) in [6.45, 7) is 0. The summed E-state index contributed by atoms with van der Waals surface area (Å²) in [5.41, 5.74) is 6.22. The number of carbonyl (C=O) groups is 1. The Balaban J connectivity index is 2.28. The van der Waals surface area contributed by atoms with Gasteiger partial charge in [-0.25, -0.2) is 13.7 Å².